The minimum Gasteiger partial charge on any atom is -0.492 e. The second-order valence-corrected chi connectivity index (χ2v) is 6.09. The van der Waals surface area contributed by atoms with Gasteiger partial charge in [0, 0.05) is 5.56 Å². The van der Waals surface area contributed by atoms with Gasteiger partial charge in [-0.1, -0.05) is 48.5 Å². The van der Waals surface area contributed by atoms with Gasteiger partial charge in [-0.15, -0.1) is 0 Å². The van der Waals surface area contributed by atoms with Gasteiger partial charge >= 0.3 is 0 Å². The van der Waals surface area contributed by atoms with E-state index in [0.717, 1.165) is 16.9 Å². The van der Waals surface area contributed by atoms with Gasteiger partial charge in [0.25, 0.3) is 0 Å². The number of ether oxygens (including phenoxy) is 1. The molecule has 0 unspecified atom stereocenters. The van der Waals surface area contributed by atoms with Crippen molar-refractivity contribution in [2.75, 3.05) is 13.2 Å². The van der Waals surface area contributed by atoms with Gasteiger partial charge in [0.15, 0.2) is 0 Å². The number of hydrogen-bond acceptors (Lipinski definition) is 4. The van der Waals surface area contributed by atoms with Crippen molar-refractivity contribution in [1.82, 2.24) is 10.6 Å². The molecule has 0 saturated carbocycles. The summed E-state index contributed by atoms with van der Waals surface area (Å²) < 4.78 is 10.9. The molecule has 0 aliphatic rings. The van der Waals surface area contributed by atoms with Gasteiger partial charge in [-0.2, -0.15) is 0 Å². The molecule has 2 aromatic carbocycles. The lowest BCUT2D eigenvalue weighted by Gasteiger charge is -2.12. The lowest BCUT2D eigenvalue weighted by atomic mass is 10.1. The highest BCUT2D eigenvalue weighted by Crippen LogP contribution is 2.29. The van der Waals surface area contributed by atoms with E-state index >= 15 is 0 Å². The van der Waals surface area contributed by atoms with Crippen molar-refractivity contribution in [2.24, 2.45) is 0 Å². The molecule has 6 heteroatoms. The van der Waals surface area contributed by atoms with E-state index in [1.807, 2.05) is 54.6 Å². The normalized spacial score (nSPS) is 10.3. The number of rotatable bonds is 9. The van der Waals surface area contributed by atoms with Crippen LogP contribution in [0.4, 0.5) is 0 Å². The third-order valence-corrected chi connectivity index (χ3v) is 4.04. The predicted molar refractivity (Wildman–Crippen MR) is 106 cm³/mol. The molecule has 6 nitrogen and oxygen atoms in total. The maximum atomic E-state index is 11.9. The highest BCUT2D eigenvalue weighted by atomic mass is 16.5. The SMILES string of the molecule is O=C(CCOc1ccccc1-c1ccccc1)NCC(=O)NCc1ccco1. The molecule has 1 heterocycles. The first-order valence-corrected chi connectivity index (χ1v) is 9.05. The van der Waals surface area contributed by atoms with Gasteiger partial charge in [-0.05, 0) is 23.8 Å². The average molecular weight is 378 g/mol. The van der Waals surface area contributed by atoms with Gasteiger partial charge in [0.05, 0.1) is 32.4 Å². The molecular formula is C22H22N2O4. The Bertz CT molecular complexity index is 892. The molecule has 0 atom stereocenters. The number of para-hydroxylation sites is 1. The van der Waals surface area contributed by atoms with Crippen LogP contribution < -0.4 is 15.4 Å². The summed E-state index contributed by atoms with van der Waals surface area (Å²) in [6.45, 7) is 0.435. The molecule has 3 aromatic rings. The molecular weight excluding hydrogens is 356 g/mol. The van der Waals surface area contributed by atoms with Gasteiger partial charge < -0.3 is 19.8 Å². The van der Waals surface area contributed by atoms with Crippen LogP contribution in [-0.4, -0.2) is 25.0 Å². The predicted octanol–water partition coefficient (Wildman–Crippen LogP) is 3.15. The smallest absolute Gasteiger partial charge is 0.239 e. The number of furan rings is 1. The van der Waals surface area contributed by atoms with Crippen molar-refractivity contribution in [3.8, 4) is 16.9 Å². The van der Waals surface area contributed by atoms with Crippen LogP contribution >= 0.6 is 0 Å². The van der Waals surface area contributed by atoms with Gasteiger partial charge in [0.2, 0.25) is 11.8 Å². The minimum absolute atomic E-state index is 0.0832. The Morgan fingerprint density at radius 1 is 0.857 bits per heavy atom. The molecule has 0 radical (unpaired) electrons. The first-order chi connectivity index (χ1) is 13.7. The molecule has 3 rings (SSSR count). The Morgan fingerprint density at radius 2 is 1.64 bits per heavy atom. The Labute approximate surface area is 163 Å². The molecule has 2 amide bonds. The van der Waals surface area contributed by atoms with E-state index < -0.39 is 0 Å². The second-order valence-electron chi connectivity index (χ2n) is 6.09. The van der Waals surface area contributed by atoms with Gasteiger partial charge in [0.1, 0.15) is 11.5 Å². The van der Waals surface area contributed by atoms with Crippen LogP contribution in [0.25, 0.3) is 11.1 Å². The maximum absolute atomic E-state index is 11.9. The van der Waals surface area contributed by atoms with Crippen molar-refractivity contribution in [2.45, 2.75) is 13.0 Å². The van der Waals surface area contributed by atoms with E-state index in [-0.39, 0.29) is 31.4 Å². The van der Waals surface area contributed by atoms with Crippen LogP contribution in [0.15, 0.2) is 77.4 Å². The molecule has 0 bridgehead atoms. The maximum Gasteiger partial charge on any atom is 0.239 e. The summed E-state index contributed by atoms with van der Waals surface area (Å²) in [5.74, 6) is 0.855. The van der Waals surface area contributed by atoms with E-state index in [4.69, 9.17) is 9.15 Å². The van der Waals surface area contributed by atoms with Crippen LogP contribution in [0.5, 0.6) is 5.75 Å². The quantitative estimate of drug-likeness (QED) is 0.599. The summed E-state index contributed by atoms with van der Waals surface area (Å²) in [6, 6.07) is 21.1. The number of carbonyl (C=O) groups is 2. The number of carbonyl (C=O) groups excluding carboxylic acids is 2. The third-order valence-electron chi connectivity index (χ3n) is 4.04. The van der Waals surface area contributed by atoms with Crippen molar-refractivity contribution in [1.29, 1.82) is 0 Å². The van der Waals surface area contributed by atoms with Crippen LogP contribution in [0.2, 0.25) is 0 Å². The largest absolute Gasteiger partial charge is 0.492 e. The lowest BCUT2D eigenvalue weighted by molar-refractivity contribution is -0.126. The van der Waals surface area contributed by atoms with E-state index in [0.29, 0.717) is 12.3 Å². The second kappa shape index (κ2) is 9.97. The minimum atomic E-state index is -0.278. The number of nitrogens with one attached hydrogen (secondary N) is 2. The Kier molecular flexibility index (Phi) is 6.84. The van der Waals surface area contributed by atoms with Crippen molar-refractivity contribution < 1.29 is 18.7 Å². The first-order valence-electron chi connectivity index (χ1n) is 9.05. The van der Waals surface area contributed by atoms with E-state index in [2.05, 4.69) is 10.6 Å². The van der Waals surface area contributed by atoms with E-state index in [1.165, 1.54) is 0 Å². The summed E-state index contributed by atoms with van der Waals surface area (Å²) in [4.78, 5) is 23.7. The standard InChI is InChI=1S/C22H22N2O4/c25-21(24-16-22(26)23-15-18-9-6-13-27-18)12-14-28-20-11-5-4-10-19(20)17-7-2-1-3-8-17/h1-11,13H,12,14-16H2,(H,23,26)(H,24,25). The fourth-order valence-corrected chi connectivity index (χ4v) is 2.63. The molecule has 0 fully saturated rings. The zero-order chi connectivity index (χ0) is 19.6. The summed E-state index contributed by atoms with van der Waals surface area (Å²) in [6.07, 6.45) is 1.70. The van der Waals surface area contributed by atoms with E-state index in [9.17, 15) is 9.59 Å². The van der Waals surface area contributed by atoms with Gasteiger partial charge in [-0.25, -0.2) is 0 Å². The topological polar surface area (TPSA) is 80.6 Å². The first kappa shape index (κ1) is 19.2. The highest BCUT2D eigenvalue weighted by Gasteiger charge is 2.09. The fraction of sp³-hybridized carbons (Fsp3) is 0.182. The van der Waals surface area contributed by atoms with Crippen LogP contribution in [-0.2, 0) is 16.1 Å². The average Bonchev–Trinajstić information content (AvgIpc) is 3.25. The third kappa shape index (κ3) is 5.74. The zero-order valence-corrected chi connectivity index (χ0v) is 15.4. The molecule has 2 N–H and O–H groups in total. The Hall–Kier alpha value is -3.54. The fourth-order valence-electron chi connectivity index (χ4n) is 2.63. The highest BCUT2D eigenvalue weighted by molar-refractivity contribution is 5.84. The Morgan fingerprint density at radius 3 is 2.43 bits per heavy atom. The monoisotopic (exact) mass is 378 g/mol. The molecule has 0 spiro atoms. The van der Waals surface area contributed by atoms with E-state index in [1.54, 1.807) is 18.4 Å². The summed E-state index contributed by atoms with van der Waals surface area (Å²) in [5.41, 5.74) is 2.02. The zero-order valence-electron chi connectivity index (χ0n) is 15.4. The van der Waals surface area contributed by atoms with Crippen LogP contribution in [0.3, 0.4) is 0 Å². The summed E-state index contributed by atoms with van der Waals surface area (Å²) in [7, 11) is 0. The Balaban J connectivity index is 1.40. The molecule has 0 aliphatic carbocycles. The molecule has 0 aliphatic heterocycles. The lowest BCUT2D eigenvalue weighted by Crippen LogP contribution is -2.37. The summed E-state index contributed by atoms with van der Waals surface area (Å²) in [5, 5.41) is 5.25. The number of benzene rings is 2. The molecule has 144 valence electrons. The van der Waals surface area contributed by atoms with Crippen LogP contribution in [0, 0.1) is 0 Å². The molecule has 28 heavy (non-hydrogen) atoms. The molecule has 0 saturated heterocycles. The number of hydrogen-bond donors (Lipinski definition) is 2. The van der Waals surface area contributed by atoms with Gasteiger partial charge in [-0.3, -0.25) is 9.59 Å². The van der Waals surface area contributed by atoms with Crippen molar-refractivity contribution in [3.05, 3.63) is 78.8 Å². The van der Waals surface area contributed by atoms with Crippen molar-refractivity contribution in [3.63, 3.8) is 0 Å². The summed E-state index contributed by atoms with van der Waals surface area (Å²) >= 11 is 0. The van der Waals surface area contributed by atoms with Crippen LogP contribution in [0.1, 0.15) is 12.2 Å². The molecule has 1 aromatic heterocycles. The van der Waals surface area contributed by atoms with Crippen molar-refractivity contribution >= 4 is 11.8 Å². The number of amides is 2.